The first-order valence-electron chi connectivity index (χ1n) is 9.90. The Balaban J connectivity index is 1.41. The van der Waals surface area contributed by atoms with Crippen molar-refractivity contribution >= 4 is 5.96 Å². The highest BCUT2D eigenvalue weighted by molar-refractivity contribution is 5.80. The van der Waals surface area contributed by atoms with E-state index in [1.807, 2.05) is 6.92 Å². The van der Waals surface area contributed by atoms with Crippen molar-refractivity contribution in [3.05, 3.63) is 23.9 Å². The van der Waals surface area contributed by atoms with Crippen LogP contribution in [0.5, 0.6) is 5.88 Å². The summed E-state index contributed by atoms with van der Waals surface area (Å²) in [6.45, 7) is 5.66. The van der Waals surface area contributed by atoms with E-state index in [2.05, 4.69) is 25.5 Å². The molecule has 0 amide bonds. The van der Waals surface area contributed by atoms with Crippen LogP contribution < -0.4 is 15.4 Å². The molecule has 1 aliphatic heterocycles. The molecule has 1 aliphatic carbocycles. The molecule has 1 saturated carbocycles. The number of ether oxygens (including phenoxy) is 1. The Morgan fingerprint density at radius 3 is 2.57 bits per heavy atom. The van der Waals surface area contributed by atoms with Crippen molar-refractivity contribution in [1.82, 2.24) is 20.5 Å². The molecule has 6 nitrogen and oxygen atoms in total. The van der Waals surface area contributed by atoms with Crippen LogP contribution in [-0.4, -0.2) is 60.7 Å². The molecule has 2 N–H and O–H groups in total. The van der Waals surface area contributed by atoms with E-state index < -0.39 is 11.7 Å². The van der Waals surface area contributed by atoms with E-state index in [-0.39, 0.29) is 12.5 Å². The van der Waals surface area contributed by atoms with Crippen LogP contribution in [0.1, 0.15) is 38.2 Å². The summed E-state index contributed by atoms with van der Waals surface area (Å²) in [5.74, 6) is 0.907. The first-order valence-corrected chi connectivity index (χ1v) is 9.90. The minimum atomic E-state index is -4.39. The monoisotopic (exact) mass is 399 g/mol. The zero-order valence-electron chi connectivity index (χ0n) is 16.1. The molecule has 0 atom stereocenters. The van der Waals surface area contributed by atoms with Gasteiger partial charge in [0.15, 0.2) is 5.96 Å². The van der Waals surface area contributed by atoms with Gasteiger partial charge in [-0.05, 0) is 38.7 Å². The summed E-state index contributed by atoms with van der Waals surface area (Å²) in [4.78, 5) is 10.8. The second-order valence-corrected chi connectivity index (χ2v) is 7.18. The number of rotatable bonds is 7. The van der Waals surface area contributed by atoms with Gasteiger partial charge in [0.1, 0.15) is 6.61 Å². The van der Waals surface area contributed by atoms with Crippen LogP contribution >= 0.6 is 0 Å². The van der Waals surface area contributed by atoms with Crippen LogP contribution in [0.4, 0.5) is 13.2 Å². The van der Waals surface area contributed by atoms with Crippen molar-refractivity contribution in [1.29, 1.82) is 0 Å². The lowest BCUT2D eigenvalue weighted by atomic mass is 10.1. The number of pyridine rings is 1. The predicted molar refractivity (Wildman–Crippen MR) is 101 cm³/mol. The van der Waals surface area contributed by atoms with Gasteiger partial charge in [-0.3, -0.25) is 0 Å². The van der Waals surface area contributed by atoms with E-state index in [4.69, 9.17) is 4.74 Å². The summed E-state index contributed by atoms with van der Waals surface area (Å²) in [5.41, 5.74) is -0.788. The molecule has 1 aromatic rings. The maximum Gasteiger partial charge on any atom is 0.417 e. The van der Waals surface area contributed by atoms with E-state index >= 15 is 0 Å². The summed E-state index contributed by atoms with van der Waals surface area (Å²) < 4.78 is 43.0. The summed E-state index contributed by atoms with van der Waals surface area (Å²) in [7, 11) is 0. The van der Waals surface area contributed by atoms with Crippen LogP contribution in [-0.2, 0) is 6.18 Å². The second kappa shape index (κ2) is 9.45. The van der Waals surface area contributed by atoms with E-state index in [1.54, 1.807) is 0 Å². The Morgan fingerprint density at radius 2 is 2.00 bits per heavy atom. The summed E-state index contributed by atoms with van der Waals surface area (Å²) in [6, 6.07) is 3.42. The molecule has 9 heteroatoms. The van der Waals surface area contributed by atoms with Crippen LogP contribution in [0, 0.1) is 0 Å². The maximum absolute atomic E-state index is 12.5. The number of likely N-dealkylation sites (tertiary alicyclic amines) is 1. The van der Waals surface area contributed by atoms with Gasteiger partial charge in [-0.25, -0.2) is 9.98 Å². The van der Waals surface area contributed by atoms with Crippen molar-refractivity contribution in [3.8, 4) is 5.88 Å². The van der Waals surface area contributed by atoms with Gasteiger partial charge in [-0.1, -0.05) is 0 Å². The Labute approximate surface area is 163 Å². The molecule has 0 aromatic carbocycles. The fourth-order valence-electron chi connectivity index (χ4n) is 3.30. The predicted octanol–water partition coefficient (Wildman–Crippen LogP) is 2.66. The molecular formula is C19H28F3N5O. The van der Waals surface area contributed by atoms with Gasteiger partial charge in [0.05, 0.1) is 12.1 Å². The van der Waals surface area contributed by atoms with Crippen molar-refractivity contribution in [2.24, 2.45) is 4.99 Å². The van der Waals surface area contributed by atoms with Crippen LogP contribution in [0.3, 0.4) is 0 Å². The number of nitrogens with zero attached hydrogens (tertiary/aromatic N) is 3. The number of nitrogens with one attached hydrogen (secondary N) is 2. The molecule has 2 fully saturated rings. The average molecular weight is 399 g/mol. The first-order chi connectivity index (χ1) is 13.5. The average Bonchev–Trinajstić information content (AvgIpc) is 3.51. The molecule has 3 rings (SSSR count). The van der Waals surface area contributed by atoms with E-state index in [0.29, 0.717) is 12.6 Å². The number of alkyl halides is 3. The van der Waals surface area contributed by atoms with Crippen LogP contribution in [0.25, 0.3) is 0 Å². The lowest BCUT2D eigenvalue weighted by Gasteiger charge is -2.33. The molecule has 0 unspecified atom stereocenters. The summed E-state index contributed by atoms with van der Waals surface area (Å²) in [5, 5.41) is 6.70. The van der Waals surface area contributed by atoms with Crippen molar-refractivity contribution in [2.45, 2.75) is 50.9 Å². The minimum Gasteiger partial charge on any atom is -0.476 e. The van der Waals surface area contributed by atoms with E-state index in [9.17, 15) is 13.2 Å². The SMILES string of the molecule is CCNC(=NCCOc1ccc(C(F)(F)F)cn1)NC1CCN(C2CC2)CC1. The Bertz CT molecular complexity index is 638. The van der Waals surface area contributed by atoms with Gasteiger partial charge in [0.25, 0.3) is 0 Å². The highest BCUT2D eigenvalue weighted by Gasteiger charge is 2.32. The Kier molecular flexibility index (Phi) is 6.98. The molecule has 156 valence electrons. The molecule has 1 aromatic heterocycles. The minimum absolute atomic E-state index is 0.161. The van der Waals surface area contributed by atoms with Crippen molar-refractivity contribution in [2.75, 3.05) is 32.8 Å². The largest absolute Gasteiger partial charge is 0.476 e. The van der Waals surface area contributed by atoms with E-state index in [1.165, 1.54) is 18.9 Å². The maximum atomic E-state index is 12.5. The highest BCUT2D eigenvalue weighted by atomic mass is 19.4. The molecule has 0 bridgehead atoms. The number of hydrogen-bond donors (Lipinski definition) is 2. The molecule has 2 aliphatic rings. The molecule has 2 heterocycles. The van der Waals surface area contributed by atoms with Gasteiger partial charge in [0.2, 0.25) is 5.88 Å². The van der Waals surface area contributed by atoms with Gasteiger partial charge >= 0.3 is 6.18 Å². The Morgan fingerprint density at radius 1 is 1.25 bits per heavy atom. The van der Waals surface area contributed by atoms with Gasteiger partial charge in [-0.15, -0.1) is 0 Å². The lowest BCUT2D eigenvalue weighted by molar-refractivity contribution is -0.137. The third-order valence-electron chi connectivity index (χ3n) is 4.95. The second-order valence-electron chi connectivity index (χ2n) is 7.18. The standard InChI is InChI=1S/C19H28F3N5O/c1-2-23-18(26-15-7-10-27(11-8-15)16-4-5-16)24-9-12-28-17-6-3-14(13-25-17)19(20,21)22/h3,6,13,15-16H,2,4-5,7-12H2,1H3,(H2,23,24,26). The summed E-state index contributed by atoms with van der Waals surface area (Å²) in [6.07, 6.45) is 1.28. The summed E-state index contributed by atoms with van der Waals surface area (Å²) >= 11 is 0. The third kappa shape index (κ3) is 6.25. The van der Waals surface area contributed by atoms with Crippen LogP contribution in [0.15, 0.2) is 23.3 Å². The van der Waals surface area contributed by atoms with Crippen molar-refractivity contribution in [3.63, 3.8) is 0 Å². The Hall–Kier alpha value is -2.03. The van der Waals surface area contributed by atoms with Crippen molar-refractivity contribution < 1.29 is 17.9 Å². The fraction of sp³-hybridized carbons (Fsp3) is 0.684. The highest BCUT2D eigenvalue weighted by Crippen LogP contribution is 2.30. The van der Waals surface area contributed by atoms with Gasteiger partial charge in [-0.2, -0.15) is 13.2 Å². The number of piperidine rings is 1. The smallest absolute Gasteiger partial charge is 0.417 e. The van der Waals surface area contributed by atoms with E-state index in [0.717, 1.165) is 56.7 Å². The number of aromatic nitrogens is 1. The number of aliphatic imine (C=N–C) groups is 1. The normalized spacial score (nSPS) is 19.5. The lowest BCUT2D eigenvalue weighted by Crippen LogP contribution is -2.49. The molecule has 1 saturated heterocycles. The zero-order valence-corrected chi connectivity index (χ0v) is 16.1. The number of guanidine groups is 1. The van der Waals surface area contributed by atoms with Gasteiger partial charge < -0.3 is 20.3 Å². The quantitative estimate of drug-likeness (QED) is 0.419. The van der Waals surface area contributed by atoms with Gasteiger partial charge in [0, 0.05) is 44.0 Å². The fourth-order valence-corrected chi connectivity index (χ4v) is 3.30. The molecule has 0 radical (unpaired) electrons. The van der Waals surface area contributed by atoms with Crippen LogP contribution in [0.2, 0.25) is 0 Å². The molecule has 0 spiro atoms. The third-order valence-corrected chi connectivity index (χ3v) is 4.95. The molecule has 28 heavy (non-hydrogen) atoms. The first kappa shape index (κ1) is 20.7. The zero-order chi connectivity index (χ0) is 20.0. The molecular weight excluding hydrogens is 371 g/mol. The topological polar surface area (TPSA) is 61.8 Å². The number of halogens is 3. The number of hydrogen-bond acceptors (Lipinski definition) is 4.